The van der Waals surface area contributed by atoms with Crippen molar-refractivity contribution in [2.75, 3.05) is 32.8 Å². The third-order valence-corrected chi connectivity index (χ3v) is 4.05. The number of carbonyl (C=O) groups is 1. The second-order valence-electron chi connectivity index (χ2n) is 5.53. The molecule has 1 aliphatic heterocycles. The van der Waals surface area contributed by atoms with E-state index in [0.717, 1.165) is 26.3 Å². The number of carbonyl (C=O) groups excluding carboxylic acids is 1. The molecule has 2 aromatic rings. The van der Waals surface area contributed by atoms with Crippen LogP contribution in [0.25, 0.3) is 0 Å². The number of benzene rings is 1. The van der Waals surface area contributed by atoms with E-state index >= 15 is 0 Å². The first-order valence-electron chi connectivity index (χ1n) is 7.89. The molecule has 0 unspecified atom stereocenters. The van der Waals surface area contributed by atoms with E-state index in [-0.39, 0.29) is 11.9 Å². The normalized spacial score (nSPS) is 16.7. The van der Waals surface area contributed by atoms with Crippen LogP contribution in [0.15, 0.2) is 54.9 Å². The minimum Gasteiger partial charge on any atom is -0.379 e. The number of ether oxygens (including phenoxy) is 1. The Balaban J connectivity index is 1.70. The van der Waals surface area contributed by atoms with Crippen LogP contribution >= 0.6 is 0 Å². The van der Waals surface area contributed by atoms with Gasteiger partial charge in [0.25, 0.3) is 5.91 Å². The Bertz CT molecular complexity index is 613. The summed E-state index contributed by atoms with van der Waals surface area (Å²) < 4.78 is 5.44. The van der Waals surface area contributed by atoms with Gasteiger partial charge in [0.2, 0.25) is 0 Å². The minimum atomic E-state index is -0.0905. The molecule has 23 heavy (non-hydrogen) atoms. The van der Waals surface area contributed by atoms with E-state index in [1.807, 2.05) is 18.2 Å². The number of rotatable bonds is 5. The Hall–Kier alpha value is -2.24. The summed E-state index contributed by atoms with van der Waals surface area (Å²) in [6.07, 6.45) is 3.25. The zero-order valence-corrected chi connectivity index (χ0v) is 13.0. The first kappa shape index (κ1) is 15.6. The standard InChI is InChI=1S/C18H21N3O2/c22-18(16-7-4-8-19-13-16)20-14-17(15-5-2-1-3-6-15)21-9-11-23-12-10-21/h1-8,13,17H,9-12,14H2,(H,20,22)/t17-/m1/s1. The monoisotopic (exact) mass is 311 g/mol. The maximum absolute atomic E-state index is 12.3. The summed E-state index contributed by atoms with van der Waals surface area (Å²) in [5, 5.41) is 3.03. The smallest absolute Gasteiger partial charge is 0.252 e. The number of amides is 1. The topological polar surface area (TPSA) is 54.5 Å². The Morgan fingerprint density at radius 3 is 2.65 bits per heavy atom. The SMILES string of the molecule is O=C(NC[C@H](c1ccccc1)N1CCOCC1)c1cccnc1. The summed E-state index contributed by atoms with van der Waals surface area (Å²) in [6, 6.07) is 14.0. The molecule has 1 saturated heterocycles. The maximum Gasteiger partial charge on any atom is 0.252 e. The second kappa shape index (κ2) is 7.85. The summed E-state index contributed by atoms with van der Waals surface area (Å²) >= 11 is 0. The molecule has 5 nitrogen and oxygen atoms in total. The minimum absolute atomic E-state index is 0.0905. The van der Waals surface area contributed by atoms with Crippen LogP contribution < -0.4 is 5.32 Å². The van der Waals surface area contributed by atoms with Crippen molar-refractivity contribution in [3.05, 3.63) is 66.0 Å². The fraction of sp³-hybridized carbons (Fsp3) is 0.333. The summed E-state index contributed by atoms with van der Waals surface area (Å²) in [7, 11) is 0. The van der Waals surface area contributed by atoms with Gasteiger partial charge in [-0.3, -0.25) is 14.7 Å². The van der Waals surface area contributed by atoms with Crippen molar-refractivity contribution < 1.29 is 9.53 Å². The van der Waals surface area contributed by atoms with Crippen LogP contribution in [-0.4, -0.2) is 48.6 Å². The number of aromatic nitrogens is 1. The molecule has 0 saturated carbocycles. The van der Waals surface area contributed by atoms with Crippen LogP contribution in [0.3, 0.4) is 0 Å². The highest BCUT2D eigenvalue weighted by atomic mass is 16.5. The second-order valence-corrected chi connectivity index (χ2v) is 5.53. The molecule has 2 heterocycles. The van der Waals surface area contributed by atoms with Gasteiger partial charge in [0, 0.05) is 32.0 Å². The molecule has 1 N–H and O–H groups in total. The number of nitrogens with one attached hydrogen (secondary N) is 1. The van der Waals surface area contributed by atoms with Crippen molar-refractivity contribution >= 4 is 5.91 Å². The number of hydrogen-bond donors (Lipinski definition) is 1. The molecule has 1 fully saturated rings. The lowest BCUT2D eigenvalue weighted by Gasteiger charge is -2.34. The van der Waals surface area contributed by atoms with E-state index in [2.05, 4.69) is 27.3 Å². The average molecular weight is 311 g/mol. The van der Waals surface area contributed by atoms with Gasteiger partial charge in [-0.25, -0.2) is 0 Å². The molecular weight excluding hydrogens is 290 g/mol. The molecule has 1 amide bonds. The number of nitrogens with zero attached hydrogens (tertiary/aromatic N) is 2. The molecule has 1 aromatic heterocycles. The Morgan fingerprint density at radius 2 is 1.96 bits per heavy atom. The fourth-order valence-electron chi connectivity index (χ4n) is 2.81. The third-order valence-electron chi connectivity index (χ3n) is 4.05. The molecular formula is C18H21N3O2. The first-order valence-corrected chi connectivity index (χ1v) is 7.89. The molecule has 0 bridgehead atoms. The highest BCUT2D eigenvalue weighted by molar-refractivity contribution is 5.93. The van der Waals surface area contributed by atoms with Crippen molar-refractivity contribution in [3.8, 4) is 0 Å². The molecule has 1 aromatic carbocycles. The van der Waals surface area contributed by atoms with Gasteiger partial charge in [-0.1, -0.05) is 30.3 Å². The molecule has 0 radical (unpaired) electrons. The van der Waals surface area contributed by atoms with Gasteiger partial charge in [-0.2, -0.15) is 0 Å². The van der Waals surface area contributed by atoms with Gasteiger partial charge in [0.1, 0.15) is 0 Å². The molecule has 5 heteroatoms. The van der Waals surface area contributed by atoms with Gasteiger partial charge in [-0.05, 0) is 17.7 Å². The first-order chi connectivity index (χ1) is 11.3. The zero-order valence-electron chi connectivity index (χ0n) is 13.0. The van der Waals surface area contributed by atoms with Gasteiger partial charge < -0.3 is 10.1 Å². The molecule has 0 aliphatic carbocycles. The predicted octanol–water partition coefficient (Wildman–Crippen LogP) is 1.88. The maximum atomic E-state index is 12.3. The Kier molecular flexibility index (Phi) is 5.34. The summed E-state index contributed by atoms with van der Waals surface area (Å²) in [5.74, 6) is -0.0905. The number of morpholine rings is 1. The number of hydrogen-bond acceptors (Lipinski definition) is 4. The quantitative estimate of drug-likeness (QED) is 0.916. The van der Waals surface area contributed by atoms with E-state index in [4.69, 9.17) is 4.74 Å². The summed E-state index contributed by atoms with van der Waals surface area (Å²) in [4.78, 5) is 18.6. The number of pyridine rings is 1. The molecule has 1 atom stereocenters. The van der Waals surface area contributed by atoms with Crippen LogP contribution in [0.1, 0.15) is 22.0 Å². The molecule has 3 rings (SSSR count). The molecule has 120 valence electrons. The summed E-state index contributed by atoms with van der Waals surface area (Å²) in [5.41, 5.74) is 1.79. The van der Waals surface area contributed by atoms with Crippen LogP contribution in [0.5, 0.6) is 0 Å². The van der Waals surface area contributed by atoms with Crippen molar-refractivity contribution in [1.29, 1.82) is 0 Å². The van der Waals surface area contributed by atoms with Gasteiger partial charge in [0.15, 0.2) is 0 Å². The Morgan fingerprint density at radius 1 is 1.17 bits per heavy atom. The highest BCUT2D eigenvalue weighted by Crippen LogP contribution is 2.21. The van der Waals surface area contributed by atoms with E-state index in [0.29, 0.717) is 12.1 Å². The largest absolute Gasteiger partial charge is 0.379 e. The van der Waals surface area contributed by atoms with Crippen LogP contribution in [0.4, 0.5) is 0 Å². The highest BCUT2D eigenvalue weighted by Gasteiger charge is 2.23. The molecule has 0 spiro atoms. The average Bonchev–Trinajstić information content (AvgIpc) is 2.64. The lowest BCUT2D eigenvalue weighted by atomic mass is 10.0. The lowest BCUT2D eigenvalue weighted by Crippen LogP contribution is -2.43. The fourth-order valence-corrected chi connectivity index (χ4v) is 2.81. The van der Waals surface area contributed by atoms with E-state index in [1.165, 1.54) is 5.56 Å². The van der Waals surface area contributed by atoms with Crippen LogP contribution in [0.2, 0.25) is 0 Å². The third kappa shape index (κ3) is 4.15. The van der Waals surface area contributed by atoms with E-state index < -0.39 is 0 Å². The van der Waals surface area contributed by atoms with Gasteiger partial charge in [-0.15, -0.1) is 0 Å². The van der Waals surface area contributed by atoms with Gasteiger partial charge in [0.05, 0.1) is 24.8 Å². The Labute approximate surface area is 136 Å². The zero-order chi connectivity index (χ0) is 15.9. The predicted molar refractivity (Wildman–Crippen MR) is 88.1 cm³/mol. The summed E-state index contributed by atoms with van der Waals surface area (Å²) in [6.45, 7) is 3.79. The molecule has 1 aliphatic rings. The van der Waals surface area contributed by atoms with E-state index in [1.54, 1.807) is 24.5 Å². The lowest BCUT2D eigenvalue weighted by molar-refractivity contribution is 0.0162. The van der Waals surface area contributed by atoms with Crippen LogP contribution in [0, 0.1) is 0 Å². The van der Waals surface area contributed by atoms with Crippen molar-refractivity contribution in [2.45, 2.75) is 6.04 Å². The van der Waals surface area contributed by atoms with Crippen molar-refractivity contribution in [3.63, 3.8) is 0 Å². The van der Waals surface area contributed by atoms with Gasteiger partial charge >= 0.3 is 0 Å². The van der Waals surface area contributed by atoms with Crippen LogP contribution in [-0.2, 0) is 4.74 Å². The van der Waals surface area contributed by atoms with Crippen molar-refractivity contribution in [2.24, 2.45) is 0 Å². The van der Waals surface area contributed by atoms with E-state index in [9.17, 15) is 4.79 Å². The van der Waals surface area contributed by atoms with Crippen molar-refractivity contribution in [1.82, 2.24) is 15.2 Å².